The summed E-state index contributed by atoms with van der Waals surface area (Å²) in [5, 5.41) is 6.00. The van der Waals surface area contributed by atoms with E-state index in [1.165, 1.54) is 0 Å². The largest absolute Gasteiger partial charge is 0.354 e. The topological polar surface area (TPSA) is 49.9 Å². The molecule has 4 heteroatoms. The summed E-state index contributed by atoms with van der Waals surface area (Å²) in [7, 11) is -3.70. The molecule has 3 nitrogen and oxygen atoms in total. The van der Waals surface area contributed by atoms with Gasteiger partial charge in [-0.3, -0.25) is 0 Å². The van der Waals surface area contributed by atoms with E-state index in [0.717, 1.165) is 48.9 Å². The van der Waals surface area contributed by atoms with Crippen molar-refractivity contribution in [3.63, 3.8) is 0 Å². The lowest BCUT2D eigenvalue weighted by Gasteiger charge is -2.13. The van der Waals surface area contributed by atoms with Gasteiger partial charge in [0.2, 0.25) is 9.84 Å². The van der Waals surface area contributed by atoms with E-state index in [1.54, 1.807) is 18.2 Å². The van der Waals surface area contributed by atoms with Crippen LogP contribution in [0.2, 0.25) is 0 Å². The van der Waals surface area contributed by atoms with Gasteiger partial charge < -0.3 is 4.98 Å². The highest BCUT2D eigenvalue weighted by atomic mass is 32.2. The quantitative estimate of drug-likeness (QED) is 0.314. The van der Waals surface area contributed by atoms with Crippen molar-refractivity contribution in [1.29, 1.82) is 0 Å². The Morgan fingerprint density at radius 1 is 0.613 bits per heavy atom. The molecule has 0 amide bonds. The van der Waals surface area contributed by atoms with E-state index in [-0.39, 0.29) is 0 Å². The number of aromatic nitrogens is 1. The summed E-state index contributed by atoms with van der Waals surface area (Å²) >= 11 is 0. The van der Waals surface area contributed by atoms with Gasteiger partial charge in [0.1, 0.15) is 0 Å². The van der Waals surface area contributed by atoms with Gasteiger partial charge in [-0.15, -0.1) is 0 Å². The monoisotopic (exact) mass is 421 g/mol. The molecule has 5 aromatic carbocycles. The van der Waals surface area contributed by atoms with Crippen LogP contribution in [0, 0.1) is 6.92 Å². The second-order valence-corrected chi connectivity index (χ2v) is 9.88. The second kappa shape index (κ2) is 6.43. The Morgan fingerprint density at radius 2 is 1.23 bits per heavy atom. The van der Waals surface area contributed by atoms with Crippen molar-refractivity contribution in [1.82, 2.24) is 4.98 Å². The van der Waals surface area contributed by atoms with Crippen LogP contribution in [0.1, 0.15) is 5.56 Å². The standard InChI is InChI=1S/C27H19NO2S/c1-17-13-15-18(16-14-17)31(29,30)24-12-6-10-21-19-7-2-3-8-20(19)25-22-9-4-5-11-23(22)28-27(25)26(21)24/h2-16,28H,1H3. The third-order valence-corrected chi connectivity index (χ3v) is 7.90. The fourth-order valence-corrected chi connectivity index (χ4v) is 6.11. The summed E-state index contributed by atoms with van der Waals surface area (Å²) in [6, 6.07) is 29.0. The molecule has 0 fully saturated rings. The van der Waals surface area contributed by atoms with Crippen LogP contribution in [0.5, 0.6) is 0 Å². The minimum absolute atomic E-state index is 0.308. The zero-order chi connectivity index (χ0) is 21.2. The molecule has 1 aromatic heterocycles. The lowest BCUT2D eigenvalue weighted by molar-refractivity contribution is 0.597. The Bertz CT molecular complexity index is 1740. The average molecular weight is 422 g/mol. The fourth-order valence-electron chi connectivity index (χ4n) is 4.63. The Labute approximate surface area is 179 Å². The SMILES string of the molecule is Cc1ccc(S(=O)(=O)c2cccc3c4ccccc4c4c5ccccc5[nH]c4c23)cc1. The summed E-state index contributed by atoms with van der Waals surface area (Å²) in [6.07, 6.45) is 0. The number of hydrogen-bond acceptors (Lipinski definition) is 2. The first kappa shape index (κ1) is 18.2. The number of aryl methyl sites for hydroxylation is 1. The van der Waals surface area contributed by atoms with E-state index in [0.29, 0.717) is 9.79 Å². The van der Waals surface area contributed by atoms with E-state index in [1.807, 2.05) is 61.5 Å². The number of H-pyrrole nitrogens is 1. The first-order valence-electron chi connectivity index (χ1n) is 10.2. The summed E-state index contributed by atoms with van der Waals surface area (Å²) in [5.41, 5.74) is 2.89. The van der Waals surface area contributed by atoms with Crippen LogP contribution in [0.3, 0.4) is 0 Å². The minimum Gasteiger partial charge on any atom is -0.354 e. The van der Waals surface area contributed by atoms with Crippen LogP contribution in [0.25, 0.3) is 43.4 Å². The lowest BCUT2D eigenvalue weighted by atomic mass is 9.97. The molecule has 0 spiro atoms. The molecule has 0 saturated heterocycles. The second-order valence-electron chi connectivity index (χ2n) is 7.96. The van der Waals surface area contributed by atoms with Crippen LogP contribution in [0.4, 0.5) is 0 Å². The number of benzene rings is 5. The van der Waals surface area contributed by atoms with Crippen molar-refractivity contribution in [3.8, 4) is 0 Å². The smallest absolute Gasteiger partial charge is 0.207 e. The van der Waals surface area contributed by atoms with Crippen molar-refractivity contribution in [2.75, 3.05) is 0 Å². The number of sulfone groups is 1. The van der Waals surface area contributed by atoms with Crippen LogP contribution in [-0.4, -0.2) is 13.4 Å². The maximum Gasteiger partial charge on any atom is 0.207 e. The van der Waals surface area contributed by atoms with E-state index in [2.05, 4.69) is 23.2 Å². The third kappa shape index (κ3) is 2.55. The zero-order valence-corrected chi connectivity index (χ0v) is 17.7. The molecular weight excluding hydrogens is 402 g/mol. The van der Waals surface area contributed by atoms with E-state index < -0.39 is 9.84 Å². The van der Waals surface area contributed by atoms with Crippen LogP contribution >= 0.6 is 0 Å². The van der Waals surface area contributed by atoms with E-state index in [9.17, 15) is 8.42 Å². The van der Waals surface area contributed by atoms with Gasteiger partial charge in [-0.05, 0) is 47.3 Å². The summed E-state index contributed by atoms with van der Waals surface area (Å²) < 4.78 is 27.5. The first-order valence-corrected chi connectivity index (χ1v) is 11.7. The maximum atomic E-state index is 13.7. The first-order chi connectivity index (χ1) is 15.1. The molecule has 0 radical (unpaired) electrons. The van der Waals surface area contributed by atoms with Crippen molar-refractivity contribution >= 4 is 53.2 Å². The minimum atomic E-state index is -3.70. The normalized spacial score (nSPS) is 12.3. The highest BCUT2D eigenvalue weighted by Crippen LogP contribution is 2.42. The number of fused-ring (bicyclic) bond motifs is 8. The van der Waals surface area contributed by atoms with E-state index >= 15 is 0 Å². The van der Waals surface area contributed by atoms with Crippen molar-refractivity contribution in [3.05, 3.63) is 96.6 Å². The van der Waals surface area contributed by atoms with Gasteiger partial charge in [0.05, 0.1) is 15.3 Å². The van der Waals surface area contributed by atoms with Gasteiger partial charge in [-0.25, -0.2) is 8.42 Å². The molecule has 6 aromatic rings. The Kier molecular flexibility index (Phi) is 3.77. The number of hydrogen-bond donors (Lipinski definition) is 1. The Morgan fingerprint density at radius 3 is 2.00 bits per heavy atom. The average Bonchev–Trinajstić information content (AvgIpc) is 3.19. The number of aromatic amines is 1. The molecule has 1 heterocycles. The molecule has 0 aliphatic heterocycles. The van der Waals surface area contributed by atoms with Crippen LogP contribution < -0.4 is 0 Å². The van der Waals surface area contributed by atoms with Gasteiger partial charge in [-0.2, -0.15) is 0 Å². The lowest BCUT2D eigenvalue weighted by Crippen LogP contribution is -2.03. The predicted molar refractivity (Wildman–Crippen MR) is 127 cm³/mol. The third-order valence-electron chi connectivity index (χ3n) is 6.09. The van der Waals surface area contributed by atoms with Crippen molar-refractivity contribution < 1.29 is 8.42 Å². The molecule has 0 saturated carbocycles. The molecule has 31 heavy (non-hydrogen) atoms. The van der Waals surface area contributed by atoms with Gasteiger partial charge >= 0.3 is 0 Å². The van der Waals surface area contributed by atoms with Crippen molar-refractivity contribution in [2.45, 2.75) is 16.7 Å². The number of para-hydroxylation sites is 1. The van der Waals surface area contributed by atoms with Gasteiger partial charge in [0, 0.05) is 21.7 Å². The van der Waals surface area contributed by atoms with Gasteiger partial charge in [0.25, 0.3) is 0 Å². The predicted octanol–water partition coefficient (Wildman–Crippen LogP) is 6.77. The van der Waals surface area contributed by atoms with E-state index in [4.69, 9.17) is 0 Å². The number of rotatable bonds is 2. The Balaban J connectivity index is 1.86. The summed E-state index contributed by atoms with van der Waals surface area (Å²) in [5.74, 6) is 0. The highest BCUT2D eigenvalue weighted by molar-refractivity contribution is 7.91. The highest BCUT2D eigenvalue weighted by Gasteiger charge is 2.24. The molecular formula is C27H19NO2S. The molecule has 0 aliphatic carbocycles. The summed E-state index contributed by atoms with van der Waals surface area (Å²) in [6.45, 7) is 1.95. The van der Waals surface area contributed by atoms with Crippen LogP contribution in [-0.2, 0) is 9.84 Å². The van der Waals surface area contributed by atoms with Crippen LogP contribution in [0.15, 0.2) is 101 Å². The fraction of sp³-hybridized carbons (Fsp3) is 0.0370. The molecule has 1 N–H and O–H groups in total. The zero-order valence-electron chi connectivity index (χ0n) is 16.9. The maximum absolute atomic E-state index is 13.7. The van der Waals surface area contributed by atoms with Gasteiger partial charge in [0.15, 0.2) is 0 Å². The number of nitrogens with one attached hydrogen (secondary N) is 1. The van der Waals surface area contributed by atoms with Gasteiger partial charge in [-0.1, -0.05) is 72.3 Å². The molecule has 0 bridgehead atoms. The Hall–Kier alpha value is -3.63. The van der Waals surface area contributed by atoms with Crippen molar-refractivity contribution in [2.24, 2.45) is 0 Å². The molecule has 0 atom stereocenters. The molecule has 0 aliphatic rings. The molecule has 0 unspecified atom stereocenters. The molecule has 6 rings (SSSR count). The molecule has 150 valence electrons. The summed E-state index contributed by atoms with van der Waals surface area (Å²) in [4.78, 5) is 4.16.